The Balaban J connectivity index is 1.59. The molecule has 0 atom stereocenters. The second-order valence-corrected chi connectivity index (χ2v) is 7.74. The standard InChI is InChI=1S/C18H17N3O4S/c1-26(23,24)15-9-5-8-14(12-15)19-16(22)10-11-17-20-18(21-25-17)13-6-3-2-4-7-13/h2-9,12H,10-11H2,1H3,(H,19,22). The number of hydrogen-bond donors (Lipinski definition) is 1. The van der Waals surface area contributed by atoms with E-state index in [4.69, 9.17) is 4.52 Å². The fraction of sp³-hybridized carbons (Fsp3) is 0.167. The number of carbonyl (C=O) groups is 1. The van der Waals surface area contributed by atoms with Gasteiger partial charge in [-0.2, -0.15) is 4.98 Å². The Labute approximate surface area is 151 Å². The summed E-state index contributed by atoms with van der Waals surface area (Å²) in [5.41, 5.74) is 1.26. The number of benzene rings is 2. The highest BCUT2D eigenvalue weighted by atomic mass is 32.2. The van der Waals surface area contributed by atoms with E-state index in [0.717, 1.165) is 11.8 Å². The van der Waals surface area contributed by atoms with Crippen LogP contribution in [0.1, 0.15) is 12.3 Å². The zero-order chi connectivity index (χ0) is 18.6. The predicted octanol–water partition coefficient (Wildman–Crippen LogP) is 2.71. The van der Waals surface area contributed by atoms with Crippen LogP contribution >= 0.6 is 0 Å². The van der Waals surface area contributed by atoms with Crippen molar-refractivity contribution in [3.05, 3.63) is 60.5 Å². The van der Waals surface area contributed by atoms with Gasteiger partial charge in [-0.25, -0.2) is 8.42 Å². The number of nitrogens with zero attached hydrogens (tertiary/aromatic N) is 2. The van der Waals surface area contributed by atoms with Gasteiger partial charge in [-0.15, -0.1) is 0 Å². The first-order valence-corrected chi connectivity index (χ1v) is 9.79. The van der Waals surface area contributed by atoms with E-state index in [2.05, 4.69) is 15.5 Å². The second kappa shape index (κ2) is 7.49. The van der Waals surface area contributed by atoms with Gasteiger partial charge in [0, 0.05) is 30.3 Å². The maximum Gasteiger partial charge on any atom is 0.227 e. The first kappa shape index (κ1) is 17.8. The number of sulfone groups is 1. The third kappa shape index (κ3) is 4.54. The van der Waals surface area contributed by atoms with Crippen LogP contribution in [0.4, 0.5) is 5.69 Å². The van der Waals surface area contributed by atoms with Gasteiger partial charge < -0.3 is 9.84 Å². The van der Waals surface area contributed by atoms with E-state index in [1.807, 2.05) is 30.3 Å². The van der Waals surface area contributed by atoms with Crippen LogP contribution in [0.25, 0.3) is 11.4 Å². The topological polar surface area (TPSA) is 102 Å². The number of aromatic nitrogens is 2. The lowest BCUT2D eigenvalue weighted by molar-refractivity contribution is -0.116. The molecular formula is C18H17N3O4S. The lowest BCUT2D eigenvalue weighted by atomic mass is 10.2. The predicted molar refractivity (Wildman–Crippen MR) is 96.2 cm³/mol. The number of rotatable bonds is 6. The van der Waals surface area contributed by atoms with E-state index in [1.54, 1.807) is 12.1 Å². The highest BCUT2D eigenvalue weighted by Gasteiger charge is 2.12. The van der Waals surface area contributed by atoms with Crippen molar-refractivity contribution >= 4 is 21.4 Å². The molecular weight excluding hydrogens is 354 g/mol. The fourth-order valence-electron chi connectivity index (χ4n) is 2.31. The number of hydrogen-bond acceptors (Lipinski definition) is 6. The van der Waals surface area contributed by atoms with Crippen molar-refractivity contribution in [2.24, 2.45) is 0 Å². The Morgan fingerprint density at radius 2 is 1.88 bits per heavy atom. The monoisotopic (exact) mass is 371 g/mol. The zero-order valence-electron chi connectivity index (χ0n) is 14.0. The number of nitrogens with one attached hydrogen (secondary N) is 1. The molecule has 0 aliphatic rings. The quantitative estimate of drug-likeness (QED) is 0.715. The maximum atomic E-state index is 12.1. The third-order valence-corrected chi connectivity index (χ3v) is 4.72. The average Bonchev–Trinajstić information content (AvgIpc) is 3.09. The molecule has 3 aromatic rings. The summed E-state index contributed by atoms with van der Waals surface area (Å²) in [6.07, 6.45) is 1.55. The number of anilines is 1. The molecule has 0 bridgehead atoms. The third-order valence-electron chi connectivity index (χ3n) is 3.61. The van der Waals surface area contributed by atoms with Gasteiger partial charge in [0.2, 0.25) is 17.6 Å². The van der Waals surface area contributed by atoms with Crippen molar-refractivity contribution in [1.82, 2.24) is 10.1 Å². The van der Waals surface area contributed by atoms with Crippen LogP contribution in [0.15, 0.2) is 64.0 Å². The van der Waals surface area contributed by atoms with Gasteiger partial charge >= 0.3 is 0 Å². The van der Waals surface area contributed by atoms with E-state index in [1.165, 1.54) is 12.1 Å². The first-order chi connectivity index (χ1) is 12.4. The Kier molecular flexibility index (Phi) is 5.13. The van der Waals surface area contributed by atoms with Crippen LogP contribution in [0.3, 0.4) is 0 Å². The highest BCUT2D eigenvalue weighted by molar-refractivity contribution is 7.90. The minimum absolute atomic E-state index is 0.138. The largest absolute Gasteiger partial charge is 0.339 e. The molecule has 8 heteroatoms. The van der Waals surface area contributed by atoms with Crippen LogP contribution in [-0.2, 0) is 21.1 Å². The lowest BCUT2D eigenvalue weighted by Crippen LogP contribution is -2.12. The number of amides is 1. The van der Waals surface area contributed by atoms with Crippen molar-refractivity contribution < 1.29 is 17.7 Å². The summed E-state index contributed by atoms with van der Waals surface area (Å²) in [6, 6.07) is 15.5. The molecule has 3 rings (SSSR count). The number of carbonyl (C=O) groups excluding carboxylic acids is 1. The van der Waals surface area contributed by atoms with Crippen LogP contribution in [0.2, 0.25) is 0 Å². The minimum atomic E-state index is -3.32. The zero-order valence-corrected chi connectivity index (χ0v) is 14.9. The minimum Gasteiger partial charge on any atom is -0.339 e. The molecule has 2 aromatic carbocycles. The molecule has 0 radical (unpaired) electrons. The first-order valence-electron chi connectivity index (χ1n) is 7.90. The van der Waals surface area contributed by atoms with E-state index >= 15 is 0 Å². The Morgan fingerprint density at radius 1 is 1.12 bits per heavy atom. The molecule has 0 unspecified atom stereocenters. The van der Waals surface area contributed by atoms with Gasteiger partial charge in [0.05, 0.1) is 4.90 Å². The van der Waals surface area contributed by atoms with Crippen LogP contribution in [0.5, 0.6) is 0 Å². The molecule has 0 fully saturated rings. The molecule has 0 aliphatic carbocycles. The average molecular weight is 371 g/mol. The normalized spacial score (nSPS) is 11.3. The summed E-state index contributed by atoms with van der Waals surface area (Å²) in [5, 5.41) is 6.57. The summed E-state index contributed by atoms with van der Waals surface area (Å²) in [7, 11) is -3.32. The van der Waals surface area contributed by atoms with Crippen LogP contribution in [0, 0.1) is 0 Å². The molecule has 134 valence electrons. The van der Waals surface area contributed by atoms with Gasteiger partial charge in [0.15, 0.2) is 9.84 Å². The Bertz CT molecular complexity index is 1010. The van der Waals surface area contributed by atoms with E-state index < -0.39 is 9.84 Å². The van der Waals surface area contributed by atoms with E-state index in [9.17, 15) is 13.2 Å². The van der Waals surface area contributed by atoms with Crippen molar-refractivity contribution in [3.8, 4) is 11.4 Å². The second-order valence-electron chi connectivity index (χ2n) is 5.73. The van der Waals surface area contributed by atoms with Gasteiger partial charge in [0.1, 0.15) is 0 Å². The molecule has 1 heterocycles. The summed E-state index contributed by atoms with van der Waals surface area (Å²) in [6.45, 7) is 0. The Morgan fingerprint density at radius 3 is 2.62 bits per heavy atom. The van der Waals surface area contributed by atoms with Gasteiger partial charge in [-0.05, 0) is 18.2 Å². The smallest absolute Gasteiger partial charge is 0.227 e. The van der Waals surface area contributed by atoms with Crippen LogP contribution < -0.4 is 5.32 Å². The molecule has 1 amide bonds. The SMILES string of the molecule is CS(=O)(=O)c1cccc(NC(=O)CCc2nc(-c3ccccc3)no2)c1. The molecule has 0 aliphatic heterocycles. The summed E-state index contributed by atoms with van der Waals surface area (Å²) in [5.74, 6) is 0.570. The van der Waals surface area contributed by atoms with Gasteiger partial charge in [-0.3, -0.25) is 4.79 Å². The molecule has 7 nitrogen and oxygen atoms in total. The number of aryl methyl sites for hydroxylation is 1. The van der Waals surface area contributed by atoms with Crippen molar-refractivity contribution in [3.63, 3.8) is 0 Å². The summed E-state index contributed by atoms with van der Waals surface area (Å²) >= 11 is 0. The molecule has 1 aromatic heterocycles. The van der Waals surface area contributed by atoms with E-state index in [0.29, 0.717) is 17.4 Å². The summed E-state index contributed by atoms with van der Waals surface area (Å²) in [4.78, 5) is 16.5. The molecule has 0 spiro atoms. The maximum absolute atomic E-state index is 12.1. The lowest BCUT2D eigenvalue weighted by Gasteiger charge is -2.06. The molecule has 26 heavy (non-hydrogen) atoms. The fourth-order valence-corrected chi connectivity index (χ4v) is 2.98. The van der Waals surface area contributed by atoms with Gasteiger partial charge in [0.25, 0.3) is 0 Å². The molecule has 0 saturated heterocycles. The van der Waals surface area contributed by atoms with Crippen molar-refractivity contribution in [1.29, 1.82) is 0 Å². The summed E-state index contributed by atoms with van der Waals surface area (Å²) < 4.78 is 28.3. The molecule has 1 N–H and O–H groups in total. The highest BCUT2D eigenvalue weighted by Crippen LogP contribution is 2.17. The van der Waals surface area contributed by atoms with Crippen molar-refractivity contribution in [2.75, 3.05) is 11.6 Å². The Hall–Kier alpha value is -3.00. The van der Waals surface area contributed by atoms with Crippen molar-refractivity contribution in [2.45, 2.75) is 17.7 Å². The molecule has 0 saturated carbocycles. The van der Waals surface area contributed by atoms with Crippen LogP contribution in [-0.4, -0.2) is 30.7 Å². The van der Waals surface area contributed by atoms with E-state index in [-0.39, 0.29) is 23.6 Å². The van der Waals surface area contributed by atoms with Gasteiger partial charge in [-0.1, -0.05) is 41.6 Å².